The van der Waals surface area contributed by atoms with Gasteiger partial charge in [0.15, 0.2) is 0 Å². The average molecular weight is 264 g/mol. The van der Waals surface area contributed by atoms with Gasteiger partial charge in [-0.05, 0) is 19.3 Å². The fourth-order valence-electron chi connectivity index (χ4n) is 2.52. The zero-order chi connectivity index (χ0) is 13.5. The molecule has 1 aliphatic rings. The summed E-state index contributed by atoms with van der Waals surface area (Å²) >= 11 is 0. The van der Waals surface area contributed by atoms with Crippen LogP contribution in [0.4, 0.5) is 11.6 Å². The highest BCUT2D eigenvalue weighted by atomic mass is 16.5. The van der Waals surface area contributed by atoms with Gasteiger partial charge in [0, 0.05) is 12.1 Å². The van der Waals surface area contributed by atoms with E-state index in [1.807, 2.05) is 0 Å². The molecular weight excluding hydrogens is 240 g/mol. The van der Waals surface area contributed by atoms with E-state index in [1.54, 1.807) is 0 Å². The minimum atomic E-state index is 0.465. The van der Waals surface area contributed by atoms with Crippen LogP contribution in [0.25, 0.3) is 0 Å². The molecule has 19 heavy (non-hydrogen) atoms. The van der Waals surface area contributed by atoms with Crippen LogP contribution in [0.1, 0.15) is 44.6 Å². The lowest BCUT2D eigenvalue weighted by Crippen LogP contribution is -2.17. The van der Waals surface area contributed by atoms with Crippen molar-refractivity contribution in [3.63, 3.8) is 0 Å². The number of nitrogens with zero attached hydrogens (tertiary/aromatic N) is 2. The van der Waals surface area contributed by atoms with Gasteiger partial charge in [0.05, 0.1) is 12.7 Å². The Kier molecular flexibility index (Phi) is 5.39. The Morgan fingerprint density at radius 3 is 2.89 bits per heavy atom. The summed E-state index contributed by atoms with van der Waals surface area (Å²) < 4.78 is 5.82. The largest absolute Gasteiger partial charge is 0.383 e. The van der Waals surface area contributed by atoms with E-state index >= 15 is 0 Å². The van der Waals surface area contributed by atoms with Crippen molar-refractivity contribution in [3.8, 4) is 0 Å². The Bertz CT molecular complexity index is 391. The minimum Gasteiger partial charge on any atom is -0.383 e. The lowest BCUT2D eigenvalue weighted by Gasteiger charge is -2.14. The van der Waals surface area contributed by atoms with Gasteiger partial charge in [0.2, 0.25) is 0 Å². The van der Waals surface area contributed by atoms with E-state index in [0.717, 1.165) is 37.4 Å². The Balaban J connectivity index is 1.79. The van der Waals surface area contributed by atoms with Crippen molar-refractivity contribution in [3.05, 3.63) is 11.9 Å². The summed E-state index contributed by atoms with van der Waals surface area (Å²) in [6.07, 6.45) is 8.94. The van der Waals surface area contributed by atoms with E-state index in [1.165, 1.54) is 32.0 Å². The number of anilines is 2. The number of nitrogens with two attached hydrogens (primary N) is 1. The van der Waals surface area contributed by atoms with Crippen molar-refractivity contribution in [1.82, 2.24) is 9.97 Å². The molecule has 0 aliphatic heterocycles. The SMILES string of the molecule is CCCc1c(N)ncnc1NCCOC1CCCC1. The maximum absolute atomic E-state index is 5.89. The summed E-state index contributed by atoms with van der Waals surface area (Å²) in [5.41, 5.74) is 6.91. The third-order valence-electron chi connectivity index (χ3n) is 3.53. The molecule has 1 aromatic heterocycles. The lowest BCUT2D eigenvalue weighted by molar-refractivity contribution is 0.0658. The molecule has 5 heteroatoms. The summed E-state index contributed by atoms with van der Waals surface area (Å²) in [6.45, 7) is 3.61. The number of nitrogen functional groups attached to an aromatic ring is 1. The molecule has 106 valence electrons. The van der Waals surface area contributed by atoms with Crippen LogP contribution in [0, 0.1) is 0 Å². The van der Waals surface area contributed by atoms with E-state index in [-0.39, 0.29) is 0 Å². The molecule has 0 unspecified atom stereocenters. The number of ether oxygens (including phenoxy) is 1. The number of hydrogen-bond donors (Lipinski definition) is 2. The number of hydrogen-bond acceptors (Lipinski definition) is 5. The van der Waals surface area contributed by atoms with Crippen LogP contribution in [0.15, 0.2) is 6.33 Å². The van der Waals surface area contributed by atoms with E-state index in [0.29, 0.717) is 11.9 Å². The Hall–Kier alpha value is -1.36. The Morgan fingerprint density at radius 2 is 2.16 bits per heavy atom. The molecule has 0 bridgehead atoms. The molecule has 0 saturated heterocycles. The quantitative estimate of drug-likeness (QED) is 0.740. The molecule has 0 atom stereocenters. The predicted octanol–water partition coefficient (Wildman–Crippen LogP) is 2.38. The highest BCUT2D eigenvalue weighted by Gasteiger charge is 2.15. The minimum absolute atomic E-state index is 0.465. The van der Waals surface area contributed by atoms with Gasteiger partial charge in [-0.25, -0.2) is 9.97 Å². The normalized spacial score (nSPS) is 15.8. The smallest absolute Gasteiger partial charge is 0.134 e. The van der Waals surface area contributed by atoms with Gasteiger partial charge >= 0.3 is 0 Å². The van der Waals surface area contributed by atoms with Crippen molar-refractivity contribution in [1.29, 1.82) is 0 Å². The molecule has 3 N–H and O–H groups in total. The van der Waals surface area contributed by atoms with Gasteiger partial charge < -0.3 is 15.8 Å². The van der Waals surface area contributed by atoms with E-state index in [2.05, 4.69) is 22.2 Å². The first-order valence-corrected chi connectivity index (χ1v) is 7.26. The first-order valence-electron chi connectivity index (χ1n) is 7.26. The molecule has 0 amide bonds. The summed E-state index contributed by atoms with van der Waals surface area (Å²) in [5, 5.41) is 3.31. The number of aromatic nitrogens is 2. The van der Waals surface area contributed by atoms with Crippen LogP contribution in [0.3, 0.4) is 0 Å². The highest BCUT2D eigenvalue weighted by Crippen LogP contribution is 2.21. The summed E-state index contributed by atoms with van der Waals surface area (Å²) in [4.78, 5) is 8.31. The third-order valence-corrected chi connectivity index (χ3v) is 3.53. The van der Waals surface area contributed by atoms with Crippen LogP contribution in [-0.2, 0) is 11.2 Å². The molecule has 1 heterocycles. The van der Waals surface area contributed by atoms with Gasteiger partial charge in [-0.2, -0.15) is 0 Å². The van der Waals surface area contributed by atoms with Crippen molar-refractivity contribution in [2.75, 3.05) is 24.2 Å². The molecular formula is C14H24N4O. The van der Waals surface area contributed by atoms with Crippen molar-refractivity contribution >= 4 is 11.6 Å². The second kappa shape index (κ2) is 7.28. The zero-order valence-corrected chi connectivity index (χ0v) is 11.7. The van der Waals surface area contributed by atoms with E-state index < -0.39 is 0 Å². The van der Waals surface area contributed by atoms with Crippen molar-refractivity contribution in [2.45, 2.75) is 51.6 Å². The van der Waals surface area contributed by atoms with Crippen LogP contribution in [0.2, 0.25) is 0 Å². The summed E-state index contributed by atoms with van der Waals surface area (Å²) in [5.74, 6) is 1.43. The van der Waals surface area contributed by atoms with Gasteiger partial charge in [0.1, 0.15) is 18.0 Å². The fourth-order valence-corrected chi connectivity index (χ4v) is 2.52. The Labute approximate surface area is 115 Å². The maximum Gasteiger partial charge on any atom is 0.134 e. The van der Waals surface area contributed by atoms with Crippen molar-refractivity contribution in [2.24, 2.45) is 0 Å². The molecule has 5 nitrogen and oxygen atoms in total. The summed E-state index contributed by atoms with van der Waals surface area (Å²) in [6, 6.07) is 0. The molecule has 0 radical (unpaired) electrons. The number of rotatable bonds is 7. The Morgan fingerprint density at radius 1 is 1.37 bits per heavy atom. The molecule has 0 spiro atoms. The first kappa shape index (κ1) is 14.1. The maximum atomic E-state index is 5.89. The molecule has 2 rings (SSSR count). The van der Waals surface area contributed by atoms with E-state index in [9.17, 15) is 0 Å². The standard InChI is InChI=1S/C14H24N4O/c1-2-5-12-13(15)17-10-18-14(12)16-8-9-19-11-6-3-4-7-11/h10-11H,2-9H2,1H3,(H3,15,16,17,18). The predicted molar refractivity (Wildman–Crippen MR) is 77.1 cm³/mol. The van der Waals surface area contributed by atoms with Crippen LogP contribution in [0.5, 0.6) is 0 Å². The number of nitrogens with one attached hydrogen (secondary N) is 1. The third kappa shape index (κ3) is 4.06. The van der Waals surface area contributed by atoms with Crippen molar-refractivity contribution < 1.29 is 4.74 Å². The molecule has 0 aromatic carbocycles. The van der Waals surface area contributed by atoms with Gasteiger partial charge in [-0.15, -0.1) is 0 Å². The lowest BCUT2D eigenvalue weighted by atomic mass is 10.1. The topological polar surface area (TPSA) is 73.1 Å². The average Bonchev–Trinajstić information content (AvgIpc) is 2.91. The van der Waals surface area contributed by atoms with Gasteiger partial charge in [-0.1, -0.05) is 26.2 Å². The fraction of sp³-hybridized carbons (Fsp3) is 0.714. The second-order valence-electron chi connectivity index (χ2n) is 5.04. The van der Waals surface area contributed by atoms with Crippen LogP contribution < -0.4 is 11.1 Å². The van der Waals surface area contributed by atoms with Gasteiger partial charge in [-0.3, -0.25) is 0 Å². The molecule has 1 aliphatic carbocycles. The zero-order valence-electron chi connectivity index (χ0n) is 11.7. The second-order valence-corrected chi connectivity index (χ2v) is 5.04. The molecule has 1 saturated carbocycles. The first-order chi connectivity index (χ1) is 9.31. The monoisotopic (exact) mass is 264 g/mol. The van der Waals surface area contributed by atoms with Crippen LogP contribution >= 0.6 is 0 Å². The summed E-state index contributed by atoms with van der Waals surface area (Å²) in [7, 11) is 0. The molecule has 1 fully saturated rings. The van der Waals surface area contributed by atoms with E-state index in [4.69, 9.17) is 10.5 Å². The molecule has 1 aromatic rings. The van der Waals surface area contributed by atoms with Crippen LogP contribution in [-0.4, -0.2) is 29.2 Å². The van der Waals surface area contributed by atoms with Gasteiger partial charge in [0.25, 0.3) is 0 Å². The highest BCUT2D eigenvalue weighted by molar-refractivity contribution is 5.54.